The second kappa shape index (κ2) is 10.1. The van der Waals surface area contributed by atoms with Gasteiger partial charge in [0, 0.05) is 17.2 Å². The summed E-state index contributed by atoms with van der Waals surface area (Å²) in [5, 5.41) is 5.89. The van der Waals surface area contributed by atoms with Crippen molar-refractivity contribution in [3.05, 3.63) is 58.9 Å². The lowest BCUT2D eigenvalue weighted by Gasteiger charge is -2.16. The average molecular weight is 391 g/mol. The molecule has 0 fully saturated rings. The van der Waals surface area contributed by atoms with E-state index in [0.717, 1.165) is 25.7 Å². The fraction of sp³-hybridized carbons (Fsp3) is 0.333. The molecule has 0 radical (unpaired) electrons. The number of carbonyl (C=O) groups excluding carboxylic acids is 2. The van der Waals surface area contributed by atoms with Crippen molar-refractivity contribution in [3.8, 4) is 0 Å². The van der Waals surface area contributed by atoms with Crippen molar-refractivity contribution in [3.63, 3.8) is 0 Å². The number of carbonyl (C=O) groups is 2. The van der Waals surface area contributed by atoms with Crippen LogP contribution in [0.4, 0.5) is 15.8 Å². The normalized spacial score (nSPS) is 11.7. The molecule has 2 N–H and O–H groups in total. The van der Waals surface area contributed by atoms with Crippen molar-refractivity contribution >= 4 is 34.8 Å². The van der Waals surface area contributed by atoms with Gasteiger partial charge in [-0.05, 0) is 55.3 Å². The lowest BCUT2D eigenvalue weighted by Crippen LogP contribution is -2.23. The Hall–Kier alpha value is -2.40. The molecule has 4 nitrogen and oxygen atoms in total. The summed E-state index contributed by atoms with van der Waals surface area (Å²) in [6.45, 7) is 4.07. The summed E-state index contributed by atoms with van der Waals surface area (Å²) in [6.07, 6.45) is 3.58. The minimum atomic E-state index is -0.377. The van der Waals surface area contributed by atoms with Gasteiger partial charge in [-0.25, -0.2) is 4.39 Å². The second-order valence-electron chi connectivity index (χ2n) is 6.39. The first-order valence-electron chi connectivity index (χ1n) is 9.11. The third-order valence-electron chi connectivity index (χ3n) is 4.36. The third kappa shape index (κ3) is 6.07. The minimum Gasteiger partial charge on any atom is -0.325 e. The summed E-state index contributed by atoms with van der Waals surface area (Å²) in [6, 6.07) is 10.2. The van der Waals surface area contributed by atoms with Crippen LogP contribution in [0.5, 0.6) is 0 Å². The van der Waals surface area contributed by atoms with Crippen molar-refractivity contribution < 1.29 is 14.0 Å². The van der Waals surface area contributed by atoms with E-state index >= 15 is 0 Å². The van der Waals surface area contributed by atoms with Crippen LogP contribution in [0.3, 0.4) is 0 Å². The molecule has 0 aliphatic heterocycles. The number of unbranched alkanes of at least 4 members (excludes halogenated alkanes) is 1. The topological polar surface area (TPSA) is 58.2 Å². The maximum atomic E-state index is 13.0. The van der Waals surface area contributed by atoms with Crippen LogP contribution in [0.2, 0.25) is 5.02 Å². The summed E-state index contributed by atoms with van der Waals surface area (Å²) >= 11 is 6.19. The molecule has 2 amide bonds. The molecule has 27 heavy (non-hydrogen) atoms. The van der Waals surface area contributed by atoms with Gasteiger partial charge in [0.1, 0.15) is 5.82 Å². The largest absolute Gasteiger partial charge is 0.325 e. The van der Waals surface area contributed by atoms with Crippen LogP contribution < -0.4 is 10.6 Å². The van der Waals surface area contributed by atoms with E-state index in [2.05, 4.69) is 17.6 Å². The highest BCUT2D eigenvalue weighted by atomic mass is 35.5. The molecule has 0 aromatic heterocycles. The molecule has 0 bridgehead atoms. The zero-order valence-electron chi connectivity index (χ0n) is 15.5. The quantitative estimate of drug-likeness (QED) is 0.590. The molecule has 2 aromatic carbocycles. The maximum absolute atomic E-state index is 13.0. The van der Waals surface area contributed by atoms with Crippen molar-refractivity contribution in [2.75, 3.05) is 10.6 Å². The van der Waals surface area contributed by atoms with Crippen molar-refractivity contribution in [1.29, 1.82) is 0 Å². The average Bonchev–Trinajstić information content (AvgIpc) is 2.66. The highest BCUT2D eigenvalue weighted by Gasteiger charge is 2.18. The maximum Gasteiger partial charge on any atom is 0.255 e. The van der Waals surface area contributed by atoms with Crippen LogP contribution >= 0.6 is 11.6 Å². The van der Waals surface area contributed by atoms with Gasteiger partial charge in [0.05, 0.1) is 10.7 Å². The fourth-order valence-electron chi connectivity index (χ4n) is 2.70. The van der Waals surface area contributed by atoms with Gasteiger partial charge >= 0.3 is 0 Å². The molecule has 6 heteroatoms. The molecule has 0 saturated carbocycles. The van der Waals surface area contributed by atoms with Gasteiger partial charge < -0.3 is 10.6 Å². The Morgan fingerprint density at radius 2 is 1.78 bits per heavy atom. The number of halogens is 2. The Morgan fingerprint density at radius 1 is 1.07 bits per heavy atom. The van der Waals surface area contributed by atoms with Crippen LogP contribution in [-0.4, -0.2) is 11.8 Å². The molecule has 0 saturated heterocycles. The van der Waals surface area contributed by atoms with E-state index in [1.807, 2.05) is 6.92 Å². The van der Waals surface area contributed by atoms with E-state index in [-0.39, 0.29) is 23.5 Å². The molecule has 0 spiro atoms. The van der Waals surface area contributed by atoms with Gasteiger partial charge in [0.15, 0.2) is 0 Å². The first-order valence-corrected chi connectivity index (χ1v) is 9.49. The molecule has 1 atom stereocenters. The summed E-state index contributed by atoms with van der Waals surface area (Å²) in [4.78, 5) is 24.9. The summed E-state index contributed by atoms with van der Waals surface area (Å²) in [7, 11) is 0. The van der Waals surface area contributed by atoms with Crippen LogP contribution in [0, 0.1) is 11.7 Å². The van der Waals surface area contributed by atoms with Gasteiger partial charge in [0.2, 0.25) is 5.91 Å². The van der Waals surface area contributed by atoms with Gasteiger partial charge in [-0.1, -0.05) is 38.3 Å². The SMILES string of the molecule is CCCC[C@@H](CC)C(=O)Nc1cc(C(=O)Nc2ccc(F)cc2)ccc1Cl. The Bertz CT molecular complexity index is 793. The second-order valence-corrected chi connectivity index (χ2v) is 6.80. The van der Waals surface area contributed by atoms with Gasteiger partial charge in [0.25, 0.3) is 5.91 Å². The molecule has 144 valence electrons. The van der Waals surface area contributed by atoms with Gasteiger partial charge in [-0.2, -0.15) is 0 Å². The molecular formula is C21H24ClFN2O2. The van der Waals surface area contributed by atoms with Crippen molar-refractivity contribution in [2.24, 2.45) is 5.92 Å². The van der Waals surface area contributed by atoms with Crippen LogP contribution in [0.15, 0.2) is 42.5 Å². The molecule has 0 aliphatic rings. The van der Waals surface area contributed by atoms with E-state index < -0.39 is 0 Å². The van der Waals surface area contributed by atoms with Crippen molar-refractivity contribution in [1.82, 2.24) is 0 Å². The number of amides is 2. The Labute approximate surface area is 164 Å². The molecule has 0 unspecified atom stereocenters. The molecule has 0 heterocycles. The van der Waals surface area contributed by atoms with Gasteiger partial charge in [-0.15, -0.1) is 0 Å². The number of anilines is 2. The van der Waals surface area contributed by atoms with Gasteiger partial charge in [-0.3, -0.25) is 9.59 Å². The number of rotatable bonds is 8. The summed E-state index contributed by atoms with van der Waals surface area (Å²) < 4.78 is 13.0. The first-order chi connectivity index (χ1) is 12.9. The molecule has 0 aliphatic carbocycles. The summed E-state index contributed by atoms with van der Waals surface area (Å²) in [5.41, 5.74) is 1.23. The number of hydrogen-bond donors (Lipinski definition) is 2. The first kappa shape index (κ1) is 20.9. The predicted octanol–water partition coefficient (Wildman–Crippen LogP) is 5.89. The molecular weight excluding hydrogens is 367 g/mol. The lowest BCUT2D eigenvalue weighted by molar-refractivity contribution is -0.120. The monoisotopic (exact) mass is 390 g/mol. The zero-order valence-corrected chi connectivity index (χ0v) is 16.3. The summed E-state index contributed by atoms with van der Waals surface area (Å²) in [5.74, 6) is -0.925. The zero-order chi connectivity index (χ0) is 19.8. The van der Waals surface area contributed by atoms with E-state index in [9.17, 15) is 14.0 Å². The number of benzene rings is 2. The van der Waals surface area contributed by atoms with E-state index in [0.29, 0.717) is 22.0 Å². The highest BCUT2D eigenvalue weighted by molar-refractivity contribution is 6.34. The lowest BCUT2D eigenvalue weighted by atomic mass is 9.98. The Balaban J connectivity index is 2.11. The van der Waals surface area contributed by atoms with E-state index in [1.54, 1.807) is 18.2 Å². The number of nitrogens with one attached hydrogen (secondary N) is 2. The van der Waals surface area contributed by atoms with Crippen molar-refractivity contribution in [2.45, 2.75) is 39.5 Å². The van der Waals surface area contributed by atoms with E-state index in [4.69, 9.17) is 11.6 Å². The molecule has 2 rings (SSSR count). The van der Waals surface area contributed by atoms with Crippen LogP contribution in [-0.2, 0) is 4.79 Å². The molecule has 2 aromatic rings. The van der Waals surface area contributed by atoms with Crippen LogP contribution in [0.1, 0.15) is 49.9 Å². The number of hydrogen-bond acceptors (Lipinski definition) is 2. The standard InChI is InChI=1S/C21H24ClFN2O2/c1-3-5-6-14(4-2)20(26)25-19-13-15(7-12-18(19)22)21(27)24-17-10-8-16(23)9-11-17/h7-14H,3-6H2,1-2H3,(H,24,27)(H,25,26)/t14-/m1/s1. The highest BCUT2D eigenvalue weighted by Crippen LogP contribution is 2.25. The fourth-order valence-corrected chi connectivity index (χ4v) is 2.87. The predicted molar refractivity (Wildman–Crippen MR) is 108 cm³/mol. The third-order valence-corrected chi connectivity index (χ3v) is 4.69. The Kier molecular flexibility index (Phi) is 7.80. The van der Waals surface area contributed by atoms with E-state index in [1.165, 1.54) is 24.3 Å². The minimum absolute atomic E-state index is 0.0854. The smallest absolute Gasteiger partial charge is 0.255 e. The Morgan fingerprint density at radius 3 is 2.41 bits per heavy atom. The van der Waals surface area contributed by atoms with Crippen LogP contribution in [0.25, 0.3) is 0 Å².